The Labute approximate surface area is 221 Å². The van der Waals surface area contributed by atoms with Gasteiger partial charge in [-0.2, -0.15) is 4.80 Å². The average Bonchev–Trinajstić information content (AvgIpc) is 3.73. The van der Waals surface area contributed by atoms with Gasteiger partial charge in [-0.15, -0.1) is 10.2 Å². The molecule has 2 aliphatic rings. The maximum atomic E-state index is 13.8. The molecule has 3 heterocycles. The average molecular weight is 523 g/mol. The van der Waals surface area contributed by atoms with Gasteiger partial charge in [-0.3, -0.25) is 9.59 Å². The van der Waals surface area contributed by atoms with Crippen molar-refractivity contribution in [3.63, 3.8) is 0 Å². The molecule has 202 valence electrons. The predicted octanol–water partition coefficient (Wildman–Crippen LogP) is 3.14. The van der Waals surface area contributed by atoms with Crippen molar-refractivity contribution >= 4 is 11.8 Å². The zero-order valence-electron chi connectivity index (χ0n) is 21.6. The van der Waals surface area contributed by atoms with Crippen LogP contribution in [0, 0.1) is 0 Å². The maximum Gasteiger partial charge on any atom is 0.250 e. The molecule has 1 aliphatic carbocycles. The van der Waals surface area contributed by atoms with Crippen LogP contribution in [-0.2, 0) is 20.9 Å². The van der Waals surface area contributed by atoms with Crippen LogP contribution in [0.5, 0.6) is 5.75 Å². The number of amides is 2. The summed E-state index contributed by atoms with van der Waals surface area (Å²) in [4.78, 5) is 30.2. The smallest absolute Gasteiger partial charge is 0.250 e. The molecule has 5 rings (SSSR count). The second-order valence-electron chi connectivity index (χ2n) is 9.81. The third-order valence-electron chi connectivity index (χ3n) is 7.15. The first-order valence-corrected chi connectivity index (χ1v) is 13.3. The molecular formula is C27H34N6O5. The summed E-state index contributed by atoms with van der Waals surface area (Å²) in [5.41, 5.74) is 0.751. The lowest BCUT2D eigenvalue weighted by Crippen LogP contribution is -2.49. The van der Waals surface area contributed by atoms with E-state index in [1.807, 2.05) is 24.3 Å². The molecule has 1 aromatic carbocycles. The molecule has 38 heavy (non-hydrogen) atoms. The normalized spacial score (nSPS) is 18.7. The fourth-order valence-corrected chi connectivity index (χ4v) is 5.13. The fraction of sp³-hybridized carbons (Fsp3) is 0.519. The molecule has 1 saturated heterocycles. The number of hydrogen-bond acceptors (Lipinski definition) is 8. The van der Waals surface area contributed by atoms with Crippen LogP contribution in [0.25, 0.3) is 11.4 Å². The molecule has 2 fully saturated rings. The molecule has 0 spiro atoms. The summed E-state index contributed by atoms with van der Waals surface area (Å²) in [5, 5.41) is 15.8. The molecule has 0 bridgehead atoms. The van der Waals surface area contributed by atoms with Gasteiger partial charge in [0.15, 0.2) is 6.04 Å². The number of methoxy groups -OCH3 is 1. The summed E-state index contributed by atoms with van der Waals surface area (Å²) in [6.45, 7) is 0.731. The number of aromatic nitrogens is 4. The summed E-state index contributed by atoms with van der Waals surface area (Å²) >= 11 is 0. The second kappa shape index (κ2) is 12.2. The zero-order valence-corrected chi connectivity index (χ0v) is 21.6. The van der Waals surface area contributed by atoms with Gasteiger partial charge in [0.2, 0.25) is 11.7 Å². The number of carbonyl (C=O) groups is 2. The number of carbonyl (C=O) groups excluding carboxylic acids is 2. The number of furan rings is 1. The summed E-state index contributed by atoms with van der Waals surface area (Å²) in [5.74, 6) is 0.957. The van der Waals surface area contributed by atoms with Crippen molar-refractivity contribution in [2.24, 2.45) is 0 Å². The van der Waals surface area contributed by atoms with Crippen LogP contribution in [0.2, 0.25) is 0 Å². The highest BCUT2D eigenvalue weighted by Gasteiger charge is 2.37. The molecule has 0 unspecified atom stereocenters. The van der Waals surface area contributed by atoms with E-state index < -0.39 is 6.04 Å². The van der Waals surface area contributed by atoms with Crippen molar-refractivity contribution in [3.8, 4) is 17.1 Å². The van der Waals surface area contributed by atoms with Gasteiger partial charge in [-0.05, 0) is 67.3 Å². The monoisotopic (exact) mass is 522 g/mol. The van der Waals surface area contributed by atoms with Crippen LogP contribution in [0.4, 0.5) is 0 Å². The summed E-state index contributed by atoms with van der Waals surface area (Å²) < 4.78 is 16.7. The molecular weight excluding hydrogens is 488 g/mol. The minimum Gasteiger partial charge on any atom is -0.497 e. The van der Waals surface area contributed by atoms with E-state index in [9.17, 15) is 9.59 Å². The molecule has 0 radical (unpaired) electrons. The Hall–Kier alpha value is -3.73. The van der Waals surface area contributed by atoms with E-state index >= 15 is 0 Å². The Morgan fingerprint density at radius 1 is 1.13 bits per heavy atom. The van der Waals surface area contributed by atoms with Crippen molar-refractivity contribution in [3.05, 3.63) is 48.4 Å². The van der Waals surface area contributed by atoms with E-state index in [2.05, 4.69) is 20.7 Å². The highest BCUT2D eigenvalue weighted by atomic mass is 16.5. The molecule has 1 N–H and O–H groups in total. The molecule has 1 saturated carbocycles. The molecule has 2 aromatic heterocycles. The minimum atomic E-state index is -0.923. The van der Waals surface area contributed by atoms with Gasteiger partial charge in [0.05, 0.1) is 19.5 Å². The van der Waals surface area contributed by atoms with E-state index in [1.54, 1.807) is 24.1 Å². The number of hydrogen-bond donors (Lipinski definition) is 1. The lowest BCUT2D eigenvalue weighted by Gasteiger charge is -2.33. The number of rotatable bonds is 10. The van der Waals surface area contributed by atoms with E-state index in [0.717, 1.165) is 49.8 Å². The Morgan fingerprint density at radius 2 is 1.95 bits per heavy atom. The van der Waals surface area contributed by atoms with Crippen LogP contribution >= 0.6 is 0 Å². The third-order valence-corrected chi connectivity index (χ3v) is 7.15. The predicted molar refractivity (Wildman–Crippen MR) is 137 cm³/mol. The van der Waals surface area contributed by atoms with Gasteiger partial charge < -0.3 is 24.1 Å². The highest BCUT2D eigenvalue weighted by Crippen LogP contribution is 2.27. The number of tetrazole rings is 1. The van der Waals surface area contributed by atoms with Crippen molar-refractivity contribution in [1.82, 2.24) is 30.4 Å². The zero-order chi connectivity index (χ0) is 26.3. The molecule has 2 atom stereocenters. The van der Waals surface area contributed by atoms with E-state index in [4.69, 9.17) is 13.9 Å². The summed E-state index contributed by atoms with van der Waals surface area (Å²) in [7, 11) is 1.60. The standard InChI is InChI=1S/C27H34N6O5/c1-36-21-13-11-19(12-14-21)26-29-31-33(30-26)18-24(34)32(17-22-9-5-15-37-22)25(23-10-6-16-38-23)27(35)28-20-7-3-2-4-8-20/h6,10-14,16,20,22,25H,2-5,7-9,15,17-18H2,1H3,(H,28,35)/t22-,25+/m0/s1. The Morgan fingerprint density at radius 3 is 2.63 bits per heavy atom. The van der Waals surface area contributed by atoms with Crippen molar-refractivity contribution in [2.75, 3.05) is 20.3 Å². The lowest BCUT2D eigenvalue weighted by molar-refractivity contribution is -0.144. The fourth-order valence-electron chi connectivity index (χ4n) is 5.13. The number of ether oxygens (including phenoxy) is 2. The topological polar surface area (TPSA) is 125 Å². The molecule has 11 nitrogen and oxygen atoms in total. The highest BCUT2D eigenvalue weighted by molar-refractivity contribution is 5.88. The van der Waals surface area contributed by atoms with Crippen LogP contribution < -0.4 is 10.1 Å². The number of nitrogens with one attached hydrogen (secondary N) is 1. The van der Waals surface area contributed by atoms with Crippen LogP contribution in [0.3, 0.4) is 0 Å². The third kappa shape index (κ3) is 6.21. The number of nitrogens with zero attached hydrogens (tertiary/aromatic N) is 5. The van der Waals surface area contributed by atoms with Crippen LogP contribution in [0.1, 0.15) is 56.7 Å². The SMILES string of the molecule is COc1ccc(-c2nnn(CC(=O)N(C[C@@H]3CCCO3)[C@@H](C(=O)NC3CCCCC3)c3ccco3)n2)cc1. The summed E-state index contributed by atoms with van der Waals surface area (Å²) in [6.07, 6.45) is 8.33. The lowest BCUT2D eigenvalue weighted by atomic mass is 9.95. The Kier molecular flexibility index (Phi) is 8.32. The van der Waals surface area contributed by atoms with Crippen molar-refractivity contribution in [2.45, 2.75) is 69.7 Å². The number of benzene rings is 1. The molecule has 3 aromatic rings. The van der Waals surface area contributed by atoms with Gasteiger partial charge in [-0.1, -0.05) is 19.3 Å². The van der Waals surface area contributed by atoms with Gasteiger partial charge in [0.1, 0.15) is 18.1 Å². The largest absolute Gasteiger partial charge is 0.497 e. The van der Waals surface area contributed by atoms with Crippen LogP contribution in [0.15, 0.2) is 47.1 Å². The Balaban J connectivity index is 1.37. The quantitative estimate of drug-likeness (QED) is 0.431. The van der Waals surface area contributed by atoms with E-state index in [-0.39, 0.29) is 37.0 Å². The van der Waals surface area contributed by atoms with Gasteiger partial charge in [0.25, 0.3) is 5.91 Å². The van der Waals surface area contributed by atoms with E-state index in [0.29, 0.717) is 18.2 Å². The molecule has 11 heteroatoms. The Bertz CT molecular complexity index is 1180. The molecule has 2 amide bonds. The summed E-state index contributed by atoms with van der Waals surface area (Å²) in [6, 6.07) is 9.90. The van der Waals surface area contributed by atoms with Crippen LogP contribution in [-0.4, -0.2) is 69.3 Å². The van der Waals surface area contributed by atoms with Gasteiger partial charge >= 0.3 is 0 Å². The first kappa shape index (κ1) is 25.9. The minimum absolute atomic E-state index is 0.0948. The van der Waals surface area contributed by atoms with Crippen molar-refractivity contribution < 1.29 is 23.5 Å². The maximum absolute atomic E-state index is 13.8. The van der Waals surface area contributed by atoms with Gasteiger partial charge in [-0.25, -0.2) is 0 Å². The molecule has 1 aliphatic heterocycles. The van der Waals surface area contributed by atoms with Gasteiger partial charge in [0, 0.05) is 24.8 Å². The van der Waals surface area contributed by atoms with E-state index in [1.165, 1.54) is 17.5 Å². The first-order chi connectivity index (χ1) is 18.6. The first-order valence-electron chi connectivity index (χ1n) is 13.3. The second-order valence-corrected chi connectivity index (χ2v) is 9.81. The van der Waals surface area contributed by atoms with Crippen molar-refractivity contribution in [1.29, 1.82) is 0 Å².